The maximum Gasteiger partial charge on any atom is 0.435 e. The van der Waals surface area contributed by atoms with E-state index < -0.39 is 58.8 Å². The standard InChI is InChI=1S/C20H13Cl2F6N3O4S/c21-12-4-11(5-13(22)6-12)18(20(26,27)28)7-14(30-35-18)10-1-2-16(15(3-10)31(33)34)36-8-17(32)29-9-19(23,24)25/h1-6H,7-9H2,(H,29,32). The molecule has 1 atom stereocenters. The van der Waals surface area contributed by atoms with Crippen LogP contribution in [0.15, 0.2) is 46.4 Å². The van der Waals surface area contributed by atoms with Crippen molar-refractivity contribution in [1.82, 2.24) is 5.32 Å². The number of carbonyl (C=O) groups is 1. The van der Waals surface area contributed by atoms with Crippen molar-refractivity contribution in [2.45, 2.75) is 29.3 Å². The van der Waals surface area contributed by atoms with Crippen LogP contribution >= 0.6 is 35.0 Å². The molecule has 0 saturated carbocycles. The zero-order valence-corrected chi connectivity index (χ0v) is 19.9. The van der Waals surface area contributed by atoms with Gasteiger partial charge >= 0.3 is 12.4 Å². The van der Waals surface area contributed by atoms with Gasteiger partial charge in [-0.3, -0.25) is 14.9 Å². The molecule has 0 saturated heterocycles. The summed E-state index contributed by atoms with van der Waals surface area (Å²) in [6.45, 7) is -1.56. The van der Waals surface area contributed by atoms with E-state index in [4.69, 9.17) is 28.0 Å². The number of hydrogen-bond donors (Lipinski definition) is 1. The van der Waals surface area contributed by atoms with E-state index in [2.05, 4.69) is 5.16 Å². The van der Waals surface area contributed by atoms with Crippen molar-refractivity contribution in [2.75, 3.05) is 12.3 Å². The van der Waals surface area contributed by atoms with E-state index in [1.807, 2.05) is 0 Å². The predicted octanol–water partition coefficient (Wildman–Crippen LogP) is 6.25. The predicted molar refractivity (Wildman–Crippen MR) is 119 cm³/mol. The molecule has 36 heavy (non-hydrogen) atoms. The van der Waals surface area contributed by atoms with E-state index in [-0.39, 0.29) is 26.2 Å². The number of benzene rings is 2. The van der Waals surface area contributed by atoms with Crippen LogP contribution in [0.2, 0.25) is 10.0 Å². The van der Waals surface area contributed by atoms with Crippen LogP contribution in [-0.2, 0) is 15.2 Å². The Kier molecular flexibility index (Phi) is 8.01. The van der Waals surface area contributed by atoms with Gasteiger partial charge in [-0.05, 0) is 24.3 Å². The van der Waals surface area contributed by atoms with Crippen molar-refractivity contribution in [3.05, 3.63) is 67.7 Å². The molecule has 2 aromatic carbocycles. The number of thioether (sulfide) groups is 1. The summed E-state index contributed by atoms with van der Waals surface area (Å²) in [6, 6.07) is 6.59. The molecule has 1 amide bonds. The number of nitrogens with zero attached hydrogens (tertiary/aromatic N) is 2. The second-order valence-corrected chi connectivity index (χ2v) is 9.30. The van der Waals surface area contributed by atoms with Gasteiger partial charge in [-0.15, -0.1) is 11.8 Å². The van der Waals surface area contributed by atoms with Gasteiger partial charge in [-0.2, -0.15) is 26.3 Å². The summed E-state index contributed by atoms with van der Waals surface area (Å²) in [5, 5.41) is 16.5. The average molecular weight is 576 g/mol. The third-order valence-corrected chi connectivity index (χ3v) is 6.35. The van der Waals surface area contributed by atoms with Crippen molar-refractivity contribution >= 4 is 52.3 Å². The first-order chi connectivity index (χ1) is 16.6. The van der Waals surface area contributed by atoms with Crippen LogP contribution < -0.4 is 5.32 Å². The van der Waals surface area contributed by atoms with Crippen molar-refractivity contribution < 1.29 is 40.9 Å². The zero-order valence-electron chi connectivity index (χ0n) is 17.5. The number of nitro groups is 1. The second-order valence-electron chi connectivity index (χ2n) is 7.41. The largest absolute Gasteiger partial charge is 0.435 e. The lowest BCUT2D eigenvalue weighted by Gasteiger charge is -2.29. The molecule has 1 heterocycles. The summed E-state index contributed by atoms with van der Waals surface area (Å²) in [6.07, 6.45) is -10.4. The number of nitro benzene ring substituents is 1. The fourth-order valence-electron chi connectivity index (χ4n) is 3.20. The molecule has 16 heteroatoms. The minimum atomic E-state index is -4.97. The highest BCUT2D eigenvalue weighted by molar-refractivity contribution is 8.00. The highest BCUT2D eigenvalue weighted by Crippen LogP contribution is 2.50. The molecule has 2 aromatic rings. The molecule has 0 aliphatic carbocycles. The SMILES string of the molecule is O=C(CSc1ccc(C2=NOC(c3cc(Cl)cc(Cl)c3)(C(F)(F)F)C2)cc1[N+](=O)[O-])NCC(F)(F)F. The van der Waals surface area contributed by atoms with Gasteiger partial charge in [0.25, 0.3) is 11.3 Å². The first-order valence-corrected chi connectivity index (χ1v) is 11.4. The van der Waals surface area contributed by atoms with Crippen LogP contribution in [0.3, 0.4) is 0 Å². The lowest BCUT2D eigenvalue weighted by atomic mass is 9.86. The number of nitrogens with one attached hydrogen (secondary N) is 1. The topological polar surface area (TPSA) is 93.8 Å². The van der Waals surface area contributed by atoms with Crippen molar-refractivity contribution in [2.24, 2.45) is 5.16 Å². The van der Waals surface area contributed by atoms with Gasteiger partial charge in [0.15, 0.2) is 0 Å². The van der Waals surface area contributed by atoms with E-state index in [0.29, 0.717) is 11.8 Å². The highest BCUT2D eigenvalue weighted by Gasteiger charge is 2.62. The van der Waals surface area contributed by atoms with Gasteiger partial charge in [-0.25, -0.2) is 0 Å². The van der Waals surface area contributed by atoms with Gasteiger partial charge in [0.2, 0.25) is 5.91 Å². The number of hydrogen-bond acceptors (Lipinski definition) is 6. The Labute approximate surface area is 212 Å². The minimum Gasteiger partial charge on any atom is -0.374 e. The highest BCUT2D eigenvalue weighted by atomic mass is 35.5. The third kappa shape index (κ3) is 6.34. The molecule has 1 aliphatic rings. The molecule has 0 aromatic heterocycles. The van der Waals surface area contributed by atoms with Crippen molar-refractivity contribution in [1.29, 1.82) is 0 Å². The number of amides is 1. The second kappa shape index (κ2) is 10.3. The normalized spacial score (nSPS) is 17.9. The van der Waals surface area contributed by atoms with Crippen LogP contribution in [0.4, 0.5) is 32.0 Å². The summed E-state index contributed by atoms with van der Waals surface area (Å²) < 4.78 is 79.0. The Hall–Kier alpha value is -2.71. The first-order valence-electron chi connectivity index (χ1n) is 9.65. The molecule has 0 radical (unpaired) electrons. The maximum atomic E-state index is 14.1. The molecule has 3 rings (SSSR count). The Bertz CT molecular complexity index is 1200. The van der Waals surface area contributed by atoms with Gasteiger partial charge < -0.3 is 10.2 Å². The molecule has 0 bridgehead atoms. The van der Waals surface area contributed by atoms with Gasteiger partial charge in [0.1, 0.15) is 6.54 Å². The Morgan fingerprint density at radius 2 is 1.78 bits per heavy atom. The van der Waals surface area contributed by atoms with Crippen LogP contribution in [0.1, 0.15) is 17.5 Å². The summed E-state index contributed by atoms with van der Waals surface area (Å²) in [7, 11) is 0. The Balaban J connectivity index is 1.85. The molecule has 7 nitrogen and oxygen atoms in total. The Morgan fingerprint density at radius 3 is 2.33 bits per heavy atom. The van der Waals surface area contributed by atoms with Crippen LogP contribution in [0, 0.1) is 10.1 Å². The molecule has 1 aliphatic heterocycles. The van der Waals surface area contributed by atoms with E-state index in [1.165, 1.54) is 12.1 Å². The van der Waals surface area contributed by atoms with Crippen LogP contribution in [0.5, 0.6) is 0 Å². The molecular formula is C20H13Cl2F6N3O4S. The summed E-state index contributed by atoms with van der Waals surface area (Å²) in [4.78, 5) is 27.1. The molecule has 0 fully saturated rings. The average Bonchev–Trinajstić information content (AvgIpc) is 3.22. The first kappa shape index (κ1) is 27.9. The summed E-state index contributed by atoms with van der Waals surface area (Å²) in [5.41, 5.74) is -4.27. The summed E-state index contributed by atoms with van der Waals surface area (Å²) in [5.74, 6) is -1.58. The molecule has 1 unspecified atom stereocenters. The molecular weight excluding hydrogens is 563 g/mol. The van der Waals surface area contributed by atoms with Crippen LogP contribution in [0.25, 0.3) is 0 Å². The fraction of sp³-hybridized carbons (Fsp3) is 0.300. The maximum absolute atomic E-state index is 14.1. The number of rotatable bonds is 7. The quantitative estimate of drug-likeness (QED) is 0.182. The van der Waals surface area contributed by atoms with E-state index in [0.717, 1.165) is 24.3 Å². The number of carbonyl (C=O) groups excluding carboxylic acids is 1. The number of oxime groups is 1. The zero-order chi connectivity index (χ0) is 26.9. The summed E-state index contributed by atoms with van der Waals surface area (Å²) >= 11 is 12.3. The number of halogens is 8. The third-order valence-electron chi connectivity index (χ3n) is 4.85. The molecule has 0 spiro atoms. The van der Waals surface area contributed by atoms with Crippen molar-refractivity contribution in [3.63, 3.8) is 0 Å². The monoisotopic (exact) mass is 575 g/mol. The van der Waals surface area contributed by atoms with E-state index in [9.17, 15) is 41.3 Å². The lowest BCUT2D eigenvalue weighted by molar-refractivity contribution is -0.387. The Morgan fingerprint density at radius 1 is 1.14 bits per heavy atom. The molecule has 194 valence electrons. The van der Waals surface area contributed by atoms with E-state index in [1.54, 1.807) is 5.32 Å². The number of alkyl halides is 6. The van der Waals surface area contributed by atoms with Crippen molar-refractivity contribution in [3.8, 4) is 0 Å². The smallest absolute Gasteiger partial charge is 0.374 e. The fourth-order valence-corrected chi connectivity index (χ4v) is 4.56. The van der Waals surface area contributed by atoms with Gasteiger partial charge in [0, 0.05) is 33.7 Å². The van der Waals surface area contributed by atoms with Gasteiger partial charge in [0.05, 0.1) is 21.3 Å². The van der Waals surface area contributed by atoms with Gasteiger partial charge in [-0.1, -0.05) is 34.4 Å². The van der Waals surface area contributed by atoms with E-state index >= 15 is 0 Å². The van der Waals surface area contributed by atoms with Crippen LogP contribution in [-0.4, -0.2) is 41.2 Å². The minimum absolute atomic E-state index is 0.0631. The lowest BCUT2D eigenvalue weighted by Crippen LogP contribution is -2.42. The molecule has 1 N–H and O–H groups in total.